The van der Waals surface area contributed by atoms with E-state index in [1.165, 1.54) is 0 Å². The van der Waals surface area contributed by atoms with Gasteiger partial charge in [0.25, 0.3) is 5.91 Å². The van der Waals surface area contributed by atoms with Crippen molar-refractivity contribution >= 4 is 23.2 Å². The maximum absolute atomic E-state index is 12.8. The fraction of sp³-hybridized carbons (Fsp3) is 0.130. The number of hydrogen-bond donors (Lipinski definition) is 2. The third kappa shape index (κ3) is 4.35. The fourth-order valence-corrected chi connectivity index (χ4v) is 3.09. The van der Waals surface area contributed by atoms with Crippen molar-refractivity contribution in [1.29, 1.82) is 0 Å². The summed E-state index contributed by atoms with van der Waals surface area (Å²) in [5.41, 5.74) is 2.21. The zero-order chi connectivity index (χ0) is 20.9. The molecular weight excluding hydrogens is 384 g/mol. The quantitative estimate of drug-likeness (QED) is 0.652. The molecule has 2 amide bonds. The number of hydrogen-bond acceptors (Lipinski definition) is 5. The third-order valence-corrected chi connectivity index (χ3v) is 4.60. The summed E-state index contributed by atoms with van der Waals surface area (Å²) in [5, 5.41) is 5.64. The largest absolute Gasteiger partial charge is 0.497 e. The number of amides is 2. The van der Waals surface area contributed by atoms with Crippen molar-refractivity contribution in [2.24, 2.45) is 0 Å². The van der Waals surface area contributed by atoms with Crippen molar-refractivity contribution in [3.05, 3.63) is 77.9 Å². The highest BCUT2D eigenvalue weighted by atomic mass is 16.7. The highest BCUT2D eigenvalue weighted by Crippen LogP contribution is 2.34. The molecular formula is C23H20N2O5. The number of nitrogens with one attached hydrogen (secondary N) is 2. The van der Waals surface area contributed by atoms with Crippen LogP contribution in [0.2, 0.25) is 0 Å². The number of carbonyl (C=O) groups is 2. The molecule has 152 valence electrons. The molecule has 0 fully saturated rings. The molecule has 0 radical (unpaired) electrons. The van der Waals surface area contributed by atoms with Crippen LogP contribution in [0.4, 0.5) is 11.4 Å². The Morgan fingerprint density at radius 3 is 2.50 bits per heavy atom. The Balaban J connectivity index is 1.44. The van der Waals surface area contributed by atoms with Gasteiger partial charge in [0.15, 0.2) is 11.5 Å². The zero-order valence-corrected chi connectivity index (χ0v) is 16.3. The molecule has 3 aromatic carbocycles. The summed E-state index contributed by atoms with van der Waals surface area (Å²) in [4.78, 5) is 25.3. The molecule has 1 aliphatic rings. The van der Waals surface area contributed by atoms with E-state index in [2.05, 4.69) is 10.6 Å². The van der Waals surface area contributed by atoms with Crippen LogP contribution in [-0.2, 0) is 11.2 Å². The van der Waals surface area contributed by atoms with Gasteiger partial charge in [0, 0.05) is 11.8 Å². The van der Waals surface area contributed by atoms with Gasteiger partial charge >= 0.3 is 0 Å². The first-order valence-corrected chi connectivity index (χ1v) is 9.35. The van der Waals surface area contributed by atoms with E-state index in [1.807, 2.05) is 12.1 Å². The number of rotatable bonds is 6. The maximum atomic E-state index is 12.8. The summed E-state index contributed by atoms with van der Waals surface area (Å²) in [7, 11) is 1.59. The lowest BCUT2D eigenvalue weighted by atomic mass is 10.1. The topological polar surface area (TPSA) is 85.9 Å². The van der Waals surface area contributed by atoms with Crippen LogP contribution in [0.5, 0.6) is 17.2 Å². The fourth-order valence-electron chi connectivity index (χ4n) is 3.09. The first-order valence-electron chi connectivity index (χ1n) is 9.35. The summed E-state index contributed by atoms with van der Waals surface area (Å²) in [5.74, 6) is 1.38. The summed E-state index contributed by atoms with van der Waals surface area (Å²) in [6, 6.07) is 19.3. The van der Waals surface area contributed by atoms with Gasteiger partial charge in [0.05, 0.1) is 24.8 Å². The molecule has 0 saturated carbocycles. The Morgan fingerprint density at radius 1 is 0.933 bits per heavy atom. The van der Waals surface area contributed by atoms with Gasteiger partial charge < -0.3 is 24.8 Å². The molecule has 2 N–H and O–H groups in total. The number of anilines is 2. The molecule has 0 atom stereocenters. The molecule has 0 aliphatic carbocycles. The van der Waals surface area contributed by atoms with Gasteiger partial charge in [-0.1, -0.05) is 24.3 Å². The number of carbonyl (C=O) groups excluding carboxylic acids is 2. The van der Waals surface area contributed by atoms with Crippen LogP contribution in [0, 0.1) is 0 Å². The van der Waals surface area contributed by atoms with E-state index in [1.54, 1.807) is 61.7 Å². The van der Waals surface area contributed by atoms with Crippen molar-refractivity contribution in [3.63, 3.8) is 0 Å². The molecule has 0 unspecified atom stereocenters. The van der Waals surface area contributed by atoms with Gasteiger partial charge in [-0.15, -0.1) is 0 Å². The van der Waals surface area contributed by atoms with Gasteiger partial charge in [0.2, 0.25) is 12.7 Å². The predicted octanol–water partition coefficient (Wildman–Crippen LogP) is 3.86. The molecule has 0 aromatic heterocycles. The Hall–Kier alpha value is -4.00. The molecule has 0 spiro atoms. The van der Waals surface area contributed by atoms with Crippen molar-refractivity contribution in [1.82, 2.24) is 0 Å². The van der Waals surface area contributed by atoms with Gasteiger partial charge in [-0.3, -0.25) is 9.59 Å². The third-order valence-electron chi connectivity index (χ3n) is 4.60. The number of methoxy groups -OCH3 is 1. The average molecular weight is 404 g/mol. The average Bonchev–Trinajstić information content (AvgIpc) is 3.22. The summed E-state index contributed by atoms with van der Waals surface area (Å²) in [6.07, 6.45) is 0.183. The molecule has 3 aromatic rings. The second kappa shape index (κ2) is 8.57. The second-order valence-corrected chi connectivity index (χ2v) is 6.64. The molecule has 30 heavy (non-hydrogen) atoms. The molecule has 4 rings (SSSR count). The van der Waals surface area contributed by atoms with E-state index in [-0.39, 0.29) is 25.0 Å². The maximum Gasteiger partial charge on any atom is 0.257 e. The minimum Gasteiger partial charge on any atom is -0.497 e. The molecule has 1 heterocycles. The normalized spacial score (nSPS) is 11.6. The van der Waals surface area contributed by atoms with Crippen LogP contribution in [0.1, 0.15) is 15.9 Å². The Kier molecular flexibility index (Phi) is 5.52. The minimum atomic E-state index is -0.339. The van der Waals surface area contributed by atoms with Crippen molar-refractivity contribution in [2.45, 2.75) is 6.42 Å². The van der Waals surface area contributed by atoms with Crippen molar-refractivity contribution in [2.75, 3.05) is 24.5 Å². The lowest BCUT2D eigenvalue weighted by molar-refractivity contribution is -0.115. The second-order valence-electron chi connectivity index (χ2n) is 6.64. The monoisotopic (exact) mass is 404 g/mol. The minimum absolute atomic E-state index is 0.162. The highest BCUT2D eigenvalue weighted by molar-refractivity contribution is 6.10. The number of para-hydroxylation sites is 1. The smallest absolute Gasteiger partial charge is 0.257 e. The number of fused-ring (bicyclic) bond motifs is 1. The first-order chi connectivity index (χ1) is 14.6. The van der Waals surface area contributed by atoms with Crippen LogP contribution in [0.25, 0.3) is 0 Å². The Labute approximate surface area is 173 Å². The molecule has 7 heteroatoms. The SMILES string of the molecule is COc1ccc(CC(=O)Nc2ccccc2C(=O)Nc2ccc3c(c2)OCO3)cc1. The van der Waals surface area contributed by atoms with Crippen LogP contribution < -0.4 is 24.8 Å². The van der Waals surface area contributed by atoms with E-state index >= 15 is 0 Å². The van der Waals surface area contributed by atoms with Crippen LogP contribution in [0.3, 0.4) is 0 Å². The van der Waals surface area contributed by atoms with Gasteiger partial charge in [-0.05, 0) is 42.0 Å². The Morgan fingerprint density at radius 2 is 1.70 bits per heavy atom. The zero-order valence-electron chi connectivity index (χ0n) is 16.3. The van der Waals surface area contributed by atoms with Crippen LogP contribution >= 0.6 is 0 Å². The van der Waals surface area contributed by atoms with Gasteiger partial charge in [-0.25, -0.2) is 0 Å². The van der Waals surface area contributed by atoms with Crippen molar-refractivity contribution < 1.29 is 23.8 Å². The first kappa shape index (κ1) is 19.3. The number of ether oxygens (including phenoxy) is 3. The van der Waals surface area contributed by atoms with E-state index < -0.39 is 0 Å². The lowest BCUT2D eigenvalue weighted by Crippen LogP contribution is -2.19. The summed E-state index contributed by atoms with van der Waals surface area (Å²) in [6.45, 7) is 0.162. The molecule has 7 nitrogen and oxygen atoms in total. The highest BCUT2D eigenvalue weighted by Gasteiger charge is 2.17. The number of benzene rings is 3. The van der Waals surface area contributed by atoms with Crippen molar-refractivity contribution in [3.8, 4) is 17.2 Å². The van der Waals surface area contributed by atoms with E-state index in [4.69, 9.17) is 14.2 Å². The Bertz CT molecular complexity index is 1080. The standard InChI is InChI=1S/C23H20N2O5/c1-28-17-9-6-15(7-10-17)12-22(26)25-19-5-3-2-4-18(19)23(27)24-16-8-11-20-21(13-16)30-14-29-20/h2-11,13H,12,14H2,1H3,(H,24,27)(H,25,26). The summed E-state index contributed by atoms with van der Waals surface area (Å²) < 4.78 is 15.7. The van der Waals surface area contributed by atoms with Gasteiger partial charge in [-0.2, -0.15) is 0 Å². The molecule has 0 bridgehead atoms. The van der Waals surface area contributed by atoms with Gasteiger partial charge in [0.1, 0.15) is 5.75 Å². The molecule has 1 aliphatic heterocycles. The van der Waals surface area contributed by atoms with E-state index in [9.17, 15) is 9.59 Å². The lowest BCUT2D eigenvalue weighted by Gasteiger charge is -2.12. The summed E-state index contributed by atoms with van der Waals surface area (Å²) >= 11 is 0. The van der Waals surface area contributed by atoms with Crippen LogP contribution in [-0.4, -0.2) is 25.7 Å². The molecule has 0 saturated heterocycles. The van der Waals surface area contributed by atoms with E-state index in [0.717, 1.165) is 11.3 Å². The van der Waals surface area contributed by atoms with E-state index in [0.29, 0.717) is 28.4 Å². The van der Waals surface area contributed by atoms with Crippen LogP contribution in [0.15, 0.2) is 66.7 Å². The predicted molar refractivity (Wildman–Crippen MR) is 112 cm³/mol.